The molecule has 1 unspecified atom stereocenters. The van der Waals surface area contributed by atoms with Crippen molar-refractivity contribution in [2.45, 2.75) is 39.0 Å². The first-order valence-electron chi connectivity index (χ1n) is 5.00. The van der Waals surface area contributed by atoms with Crippen molar-refractivity contribution in [3.05, 3.63) is 0 Å². The number of nitrogens with two attached hydrogens (primary N) is 1. The topological polar surface area (TPSA) is 55.6 Å². The summed E-state index contributed by atoms with van der Waals surface area (Å²) in [4.78, 5) is 13.7. The van der Waals surface area contributed by atoms with Crippen LogP contribution < -0.4 is 5.73 Å². The van der Waals surface area contributed by atoms with Gasteiger partial charge in [0.1, 0.15) is 5.60 Å². The monoisotopic (exact) mass is 200 g/mol. The Hall–Kier alpha value is -0.610. The lowest BCUT2D eigenvalue weighted by molar-refractivity contribution is -0.160. The molecule has 0 aromatic heterocycles. The lowest BCUT2D eigenvalue weighted by Crippen LogP contribution is -2.42. The van der Waals surface area contributed by atoms with E-state index in [1.807, 2.05) is 32.7 Å². The van der Waals surface area contributed by atoms with E-state index in [1.165, 1.54) is 0 Å². The molecule has 82 valence electrons. The van der Waals surface area contributed by atoms with E-state index in [2.05, 4.69) is 0 Å². The number of carbonyl (C=O) groups excluding carboxylic acids is 1. The number of rotatable bonds is 1. The molecule has 2 atom stereocenters. The molecule has 4 heteroatoms. The number of hydrogen-bond donors (Lipinski definition) is 1. The minimum atomic E-state index is -0.419. The second-order valence-corrected chi connectivity index (χ2v) is 4.90. The maximum atomic E-state index is 11.7. The van der Waals surface area contributed by atoms with Gasteiger partial charge in [0.15, 0.2) is 0 Å². The Bertz CT molecular complexity index is 223. The third-order valence-corrected chi connectivity index (χ3v) is 2.42. The maximum absolute atomic E-state index is 11.7. The molecule has 0 radical (unpaired) electrons. The molecule has 1 rings (SSSR count). The van der Waals surface area contributed by atoms with Crippen molar-refractivity contribution in [1.29, 1.82) is 0 Å². The van der Waals surface area contributed by atoms with Crippen LogP contribution in [0.25, 0.3) is 0 Å². The third-order valence-electron chi connectivity index (χ3n) is 2.42. The first-order chi connectivity index (χ1) is 6.31. The summed E-state index contributed by atoms with van der Waals surface area (Å²) in [7, 11) is 1.93. The molecule has 0 bridgehead atoms. The van der Waals surface area contributed by atoms with E-state index in [4.69, 9.17) is 10.5 Å². The smallest absolute Gasteiger partial charge is 0.312 e. The second kappa shape index (κ2) is 3.87. The molecule has 1 heterocycles. The predicted octanol–water partition coefficient (Wildman–Crippen LogP) is 0.565. The number of ether oxygens (including phenoxy) is 1. The zero-order chi connectivity index (χ0) is 10.9. The van der Waals surface area contributed by atoms with E-state index in [9.17, 15) is 4.79 Å². The summed E-state index contributed by atoms with van der Waals surface area (Å²) in [5.41, 5.74) is 5.45. The number of hydrogen-bond acceptors (Lipinski definition) is 4. The van der Waals surface area contributed by atoms with Gasteiger partial charge in [0.05, 0.1) is 12.1 Å². The van der Waals surface area contributed by atoms with Crippen LogP contribution in [0, 0.1) is 5.92 Å². The first kappa shape index (κ1) is 11.5. The number of carbonyl (C=O) groups is 1. The van der Waals surface area contributed by atoms with E-state index >= 15 is 0 Å². The molecule has 0 aromatic carbocycles. The van der Waals surface area contributed by atoms with Crippen LogP contribution in [0.5, 0.6) is 0 Å². The second-order valence-electron chi connectivity index (χ2n) is 4.90. The highest BCUT2D eigenvalue weighted by Gasteiger charge is 2.36. The van der Waals surface area contributed by atoms with E-state index < -0.39 is 5.60 Å². The van der Waals surface area contributed by atoms with Gasteiger partial charge in [0, 0.05) is 6.54 Å². The number of likely N-dealkylation sites (tertiary alicyclic amines) is 1. The Morgan fingerprint density at radius 3 is 2.43 bits per heavy atom. The molecule has 14 heavy (non-hydrogen) atoms. The van der Waals surface area contributed by atoms with Gasteiger partial charge < -0.3 is 10.5 Å². The van der Waals surface area contributed by atoms with Crippen LogP contribution >= 0.6 is 0 Å². The third kappa shape index (κ3) is 2.69. The fourth-order valence-electron chi connectivity index (χ4n) is 1.60. The molecule has 1 fully saturated rings. The van der Waals surface area contributed by atoms with Crippen molar-refractivity contribution in [2.75, 3.05) is 13.6 Å². The normalized spacial score (nSPS) is 29.2. The van der Waals surface area contributed by atoms with E-state index in [0.717, 1.165) is 13.0 Å². The summed E-state index contributed by atoms with van der Waals surface area (Å²) in [6.45, 7) is 6.48. The standard InChI is InChI=1S/C10H20N2O2/c1-10(2,3)14-9(13)7-5-6-12(4)8(7)11/h7-8H,5-6,11H2,1-4H3/t7-,8?/m1/s1. The van der Waals surface area contributed by atoms with Gasteiger partial charge in [-0.3, -0.25) is 9.69 Å². The molecule has 4 nitrogen and oxygen atoms in total. The van der Waals surface area contributed by atoms with Crippen molar-refractivity contribution in [1.82, 2.24) is 4.90 Å². The van der Waals surface area contributed by atoms with Gasteiger partial charge in [-0.1, -0.05) is 0 Å². The molecule has 0 amide bonds. The van der Waals surface area contributed by atoms with Crippen LogP contribution in [0.1, 0.15) is 27.2 Å². The predicted molar refractivity (Wildman–Crippen MR) is 54.6 cm³/mol. The van der Waals surface area contributed by atoms with Gasteiger partial charge in [-0.05, 0) is 34.2 Å². The Morgan fingerprint density at radius 1 is 1.50 bits per heavy atom. The summed E-state index contributed by atoms with van der Waals surface area (Å²) in [6, 6.07) is 0. The van der Waals surface area contributed by atoms with Gasteiger partial charge >= 0.3 is 5.97 Å². The molecule has 0 spiro atoms. The summed E-state index contributed by atoms with van der Waals surface area (Å²) in [5.74, 6) is -0.339. The first-order valence-corrected chi connectivity index (χ1v) is 5.00. The summed E-state index contributed by atoms with van der Waals surface area (Å²) >= 11 is 0. The van der Waals surface area contributed by atoms with Crippen molar-refractivity contribution in [2.24, 2.45) is 11.7 Å². The highest BCUT2D eigenvalue weighted by molar-refractivity contribution is 5.74. The zero-order valence-corrected chi connectivity index (χ0v) is 9.41. The van der Waals surface area contributed by atoms with Gasteiger partial charge in [-0.15, -0.1) is 0 Å². The Labute approximate surface area is 85.4 Å². The largest absolute Gasteiger partial charge is 0.460 e. The van der Waals surface area contributed by atoms with Gasteiger partial charge in [-0.25, -0.2) is 0 Å². The van der Waals surface area contributed by atoms with E-state index in [1.54, 1.807) is 0 Å². The van der Waals surface area contributed by atoms with Crippen LogP contribution in [0.2, 0.25) is 0 Å². The molecule has 0 saturated carbocycles. The van der Waals surface area contributed by atoms with Crippen LogP contribution in [-0.4, -0.2) is 36.2 Å². The fourth-order valence-corrected chi connectivity index (χ4v) is 1.60. The maximum Gasteiger partial charge on any atom is 0.312 e. The van der Waals surface area contributed by atoms with Crippen molar-refractivity contribution in [3.8, 4) is 0 Å². The van der Waals surface area contributed by atoms with Crippen molar-refractivity contribution < 1.29 is 9.53 Å². The number of esters is 1. The Balaban J connectivity index is 2.54. The Morgan fingerprint density at radius 2 is 2.07 bits per heavy atom. The minimum absolute atomic E-state index is 0.167. The van der Waals surface area contributed by atoms with Crippen LogP contribution in [0.15, 0.2) is 0 Å². The van der Waals surface area contributed by atoms with E-state index in [0.29, 0.717) is 0 Å². The van der Waals surface area contributed by atoms with Gasteiger partial charge in [0.25, 0.3) is 0 Å². The molecular weight excluding hydrogens is 180 g/mol. The average molecular weight is 200 g/mol. The molecule has 1 aliphatic heterocycles. The minimum Gasteiger partial charge on any atom is -0.460 e. The molecule has 1 aliphatic rings. The van der Waals surface area contributed by atoms with Crippen LogP contribution in [0.3, 0.4) is 0 Å². The number of nitrogens with zero attached hydrogens (tertiary/aromatic N) is 1. The summed E-state index contributed by atoms with van der Waals surface area (Å²) in [6.07, 6.45) is 0.608. The van der Waals surface area contributed by atoms with Crippen LogP contribution in [0.4, 0.5) is 0 Å². The molecule has 2 N–H and O–H groups in total. The molecule has 1 saturated heterocycles. The van der Waals surface area contributed by atoms with E-state index in [-0.39, 0.29) is 18.1 Å². The summed E-state index contributed by atoms with van der Waals surface area (Å²) in [5, 5.41) is 0. The summed E-state index contributed by atoms with van der Waals surface area (Å²) < 4.78 is 5.29. The van der Waals surface area contributed by atoms with Crippen LogP contribution in [-0.2, 0) is 9.53 Å². The van der Waals surface area contributed by atoms with Crippen molar-refractivity contribution >= 4 is 5.97 Å². The van der Waals surface area contributed by atoms with Gasteiger partial charge in [0.2, 0.25) is 0 Å². The molecule has 0 aromatic rings. The lowest BCUT2D eigenvalue weighted by atomic mass is 10.1. The highest BCUT2D eigenvalue weighted by Crippen LogP contribution is 2.22. The highest BCUT2D eigenvalue weighted by atomic mass is 16.6. The Kier molecular flexibility index (Phi) is 3.17. The SMILES string of the molecule is CN1CC[C@@H](C(=O)OC(C)(C)C)C1N. The molecular formula is C10H20N2O2. The van der Waals surface area contributed by atoms with Gasteiger partial charge in [-0.2, -0.15) is 0 Å². The zero-order valence-electron chi connectivity index (χ0n) is 9.41. The average Bonchev–Trinajstić information content (AvgIpc) is 2.29. The quantitative estimate of drug-likeness (QED) is 0.629. The fraction of sp³-hybridized carbons (Fsp3) is 0.900. The lowest BCUT2D eigenvalue weighted by Gasteiger charge is -2.24. The molecule has 0 aliphatic carbocycles. The van der Waals surface area contributed by atoms with Crippen molar-refractivity contribution in [3.63, 3.8) is 0 Å².